The van der Waals surface area contributed by atoms with Crippen LogP contribution in [-0.2, 0) is 0 Å². The van der Waals surface area contributed by atoms with Crippen molar-refractivity contribution in [2.24, 2.45) is 0 Å². The molecule has 1 aromatic heterocycles. The molecule has 0 radical (unpaired) electrons. The molecule has 3 N–H and O–H groups in total. The molecule has 134 valence electrons. The highest BCUT2D eigenvalue weighted by atomic mass is 16.3. The van der Waals surface area contributed by atoms with E-state index >= 15 is 0 Å². The fourth-order valence-corrected chi connectivity index (χ4v) is 3.28. The average molecular weight is 342 g/mol. The Bertz CT molecular complexity index is 696. The minimum absolute atomic E-state index is 0.150. The summed E-state index contributed by atoms with van der Waals surface area (Å²) in [7, 11) is 0. The van der Waals surface area contributed by atoms with Crippen LogP contribution in [0.2, 0.25) is 0 Å². The molecule has 1 aromatic carbocycles. The van der Waals surface area contributed by atoms with Crippen LogP contribution in [0.25, 0.3) is 11.3 Å². The second-order valence-corrected chi connectivity index (χ2v) is 6.66. The van der Waals surface area contributed by atoms with Crippen LogP contribution in [0.5, 0.6) is 0 Å². The zero-order valence-corrected chi connectivity index (χ0v) is 14.7. The zero-order chi connectivity index (χ0) is 17.6. The van der Waals surface area contributed by atoms with Gasteiger partial charge in [0.2, 0.25) is 0 Å². The van der Waals surface area contributed by atoms with Crippen molar-refractivity contribution in [3.05, 3.63) is 41.6 Å². The van der Waals surface area contributed by atoms with Crippen molar-refractivity contribution in [3.8, 4) is 11.3 Å². The Morgan fingerprint density at radius 3 is 2.92 bits per heavy atom. The molecule has 0 unspecified atom stereocenters. The third-order valence-electron chi connectivity index (χ3n) is 4.81. The summed E-state index contributed by atoms with van der Waals surface area (Å²) >= 11 is 0. The quantitative estimate of drug-likeness (QED) is 0.750. The summed E-state index contributed by atoms with van der Waals surface area (Å²) < 4.78 is 0. The average Bonchev–Trinajstić information content (AvgIpc) is 3.13. The van der Waals surface area contributed by atoms with Crippen LogP contribution in [0.1, 0.15) is 35.3 Å². The Balaban J connectivity index is 1.52. The maximum absolute atomic E-state index is 12.3. The van der Waals surface area contributed by atoms with Crippen molar-refractivity contribution in [3.63, 3.8) is 0 Å². The first-order chi connectivity index (χ1) is 12.2. The van der Waals surface area contributed by atoms with E-state index in [-0.39, 0.29) is 18.6 Å². The number of hydrogen-bond acceptors (Lipinski definition) is 4. The van der Waals surface area contributed by atoms with Crippen molar-refractivity contribution in [2.45, 2.75) is 32.2 Å². The first-order valence-electron chi connectivity index (χ1n) is 8.93. The SMILES string of the molecule is Cc1ccc(-c2cc(C(=O)NCCN3CCCC[C@H]3CO)[nH]n2)cc1. The molecule has 2 heterocycles. The second-order valence-electron chi connectivity index (χ2n) is 6.66. The van der Waals surface area contributed by atoms with Gasteiger partial charge in [-0.05, 0) is 32.4 Å². The Kier molecular flexibility index (Phi) is 5.83. The number of nitrogens with one attached hydrogen (secondary N) is 2. The number of rotatable bonds is 6. The predicted molar refractivity (Wildman–Crippen MR) is 97.4 cm³/mol. The van der Waals surface area contributed by atoms with E-state index in [2.05, 4.69) is 20.4 Å². The standard InChI is InChI=1S/C19H26N4O2/c1-14-5-7-15(8-6-14)17-12-18(22-21-17)19(25)20-9-11-23-10-3-2-4-16(23)13-24/h5-8,12,16,24H,2-4,9-11,13H2,1H3,(H,20,25)(H,21,22)/t16-/m0/s1. The minimum atomic E-state index is -0.150. The number of aryl methyl sites for hydroxylation is 1. The first-order valence-corrected chi connectivity index (χ1v) is 8.93. The number of aromatic nitrogens is 2. The summed E-state index contributed by atoms with van der Waals surface area (Å²) in [5, 5.41) is 19.4. The molecule has 0 bridgehead atoms. The molecule has 1 amide bonds. The number of aliphatic hydroxyl groups excluding tert-OH is 1. The lowest BCUT2D eigenvalue weighted by Crippen LogP contribution is -2.45. The number of aromatic amines is 1. The number of aliphatic hydroxyl groups is 1. The number of carbonyl (C=O) groups is 1. The highest BCUT2D eigenvalue weighted by Gasteiger charge is 2.21. The van der Waals surface area contributed by atoms with Gasteiger partial charge in [0.15, 0.2) is 0 Å². The van der Waals surface area contributed by atoms with E-state index in [1.807, 2.05) is 31.2 Å². The molecule has 1 aliphatic rings. The van der Waals surface area contributed by atoms with E-state index in [1.165, 1.54) is 12.0 Å². The molecule has 6 heteroatoms. The van der Waals surface area contributed by atoms with Crippen LogP contribution >= 0.6 is 0 Å². The van der Waals surface area contributed by atoms with Crippen LogP contribution in [-0.4, -0.2) is 58.4 Å². The lowest BCUT2D eigenvalue weighted by atomic mass is 10.0. The third kappa shape index (κ3) is 4.46. The molecule has 1 aliphatic heterocycles. The van der Waals surface area contributed by atoms with Crippen LogP contribution in [0.4, 0.5) is 0 Å². The van der Waals surface area contributed by atoms with Gasteiger partial charge in [-0.1, -0.05) is 36.2 Å². The highest BCUT2D eigenvalue weighted by Crippen LogP contribution is 2.18. The van der Waals surface area contributed by atoms with Crippen molar-refractivity contribution in [1.82, 2.24) is 20.4 Å². The maximum atomic E-state index is 12.3. The lowest BCUT2D eigenvalue weighted by Gasteiger charge is -2.34. The first kappa shape index (κ1) is 17.6. The molecule has 1 fully saturated rings. The summed E-state index contributed by atoms with van der Waals surface area (Å²) in [6, 6.07) is 10.1. The highest BCUT2D eigenvalue weighted by molar-refractivity contribution is 5.93. The Morgan fingerprint density at radius 2 is 2.16 bits per heavy atom. The zero-order valence-electron chi connectivity index (χ0n) is 14.7. The molecule has 0 aliphatic carbocycles. The van der Waals surface area contributed by atoms with Crippen LogP contribution in [0.3, 0.4) is 0 Å². The molecule has 0 saturated carbocycles. The molecule has 25 heavy (non-hydrogen) atoms. The number of amides is 1. The topological polar surface area (TPSA) is 81.3 Å². The van der Waals surface area contributed by atoms with E-state index in [0.29, 0.717) is 12.2 Å². The largest absolute Gasteiger partial charge is 0.395 e. The van der Waals surface area contributed by atoms with Crippen LogP contribution in [0, 0.1) is 6.92 Å². The van der Waals surface area contributed by atoms with Crippen LogP contribution < -0.4 is 5.32 Å². The van der Waals surface area contributed by atoms with Gasteiger partial charge in [-0.15, -0.1) is 0 Å². The van der Waals surface area contributed by atoms with Gasteiger partial charge in [0, 0.05) is 24.7 Å². The summed E-state index contributed by atoms with van der Waals surface area (Å²) in [6.45, 7) is 4.54. The Hall–Kier alpha value is -2.18. The van der Waals surface area contributed by atoms with Gasteiger partial charge >= 0.3 is 0 Å². The molecule has 1 saturated heterocycles. The Labute approximate surface area is 148 Å². The van der Waals surface area contributed by atoms with E-state index in [1.54, 1.807) is 6.07 Å². The van der Waals surface area contributed by atoms with E-state index in [9.17, 15) is 9.90 Å². The molecule has 3 rings (SSSR count). The van der Waals surface area contributed by atoms with Gasteiger partial charge in [-0.3, -0.25) is 14.8 Å². The van der Waals surface area contributed by atoms with E-state index in [0.717, 1.165) is 37.2 Å². The third-order valence-corrected chi connectivity index (χ3v) is 4.81. The number of nitrogens with zero attached hydrogens (tertiary/aromatic N) is 2. The number of carbonyl (C=O) groups excluding carboxylic acids is 1. The molecule has 0 spiro atoms. The van der Waals surface area contributed by atoms with E-state index in [4.69, 9.17) is 0 Å². The number of hydrogen-bond donors (Lipinski definition) is 3. The number of benzene rings is 1. The van der Waals surface area contributed by atoms with Crippen molar-refractivity contribution in [1.29, 1.82) is 0 Å². The Morgan fingerprint density at radius 1 is 1.36 bits per heavy atom. The van der Waals surface area contributed by atoms with Gasteiger partial charge < -0.3 is 10.4 Å². The van der Waals surface area contributed by atoms with Gasteiger partial charge in [-0.25, -0.2) is 0 Å². The normalized spacial score (nSPS) is 18.2. The second kappa shape index (κ2) is 8.27. The number of H-pyrrole nitrogens is 1. The van der Waals surface area contributed by atoms with Gasteiger partial charge in [0.1, 0.15) is 5.69 Å². The maximum Gasteiger partial charge on any atom is 0.269 e. The molecular formula is C19H26N4O2. The summed E-state index contributed by atoms with van der Waals surface area (Å²) in [6.07, 6.45) is 3.36. The summed E-state index contributed by atoms with van der Waals surface area (Å²) in [5.41, 5.74) is 3.41. The van der Waals surface area contributed by atoms with E-state index < -0.39 is 0 Å². The van der Waals surface area contributed by atoms with Crippen molar-refractivity contribution in [2.75, 3.05) is 26.2 Å². The smallest absolute Gasteiger partial charge is 0.269 e. The lowest BCUT2D eigenvalue weighted by molar-refractivity contribution is 0.0847. The van der Waals surface area contributed by atoms with Crippen molar-refractivity contribution >= 4 is 5.91 Å². The number of likely N-dealkylation sites (tertiary alicyclic amines) is 1. The molecule has 6 nitrogen and oxygen atoms in total. The van der Waals surface area contributed by atoms with Crippen LogP contribution in [0.15, 0.2) is 30.3 Å². The summed E-state index contributed by atoms with van der Waals surface area (Å²) in [5.74, 6) is -0.150. The fourth-order valence-electron chi connectivity index (χ4n) is 3.28. The van der Waals surface area contributed by atoms with Gasteiger partial charge in [0.25, 0.3) is 5.91 Å². The minimum Gasteiger partial charge on any atom is -0.395 e. The monoisotopic (exact) mass is 342 g/mol. The number of piperidine rings is 1. The predicted octanol–water partition coefficient (Wildman–Crippen LogP) is 1.96. The fraction of sp³-hybridized carbons (Fsp3) is 0.474. The molecular weight excluding hydrogens is 316 g/mol. The van der Waals surface area contributed by atoms with Crippen molar-refractivity contribution < 1.29 is 9.90 Å². The summed E-state index contributed by atoms with van der Waals surface area (Å²) in [4.78, 5) is 14.5. The van der Waals surface area contributed by atoms with Gasteiger partial charge in [-0.2, -0.15) is 5.10 Å². The molecule has 2 aromatic rings. The van der Waals surface area contributed by atoms with Gasteiger partial charge in [0.05, 0.1) is 12.3 Å². The molecule has 1 atom stereocenters.